The predicted octanol–water partition coefficient (Wildman–Crippen LogP) is 1.83. The average Bonchev–Trinajstić information content (AvgIpc) is 2.98. The lowest BCUT2D eigenvalue weighted by molar-refractivity contribution is -0.136. The molecule has 2 aliphatic heterocycles. The number of aryl methyl sites for hydroxylation is 2. The predicted molar refractivity (Wildman–Crippen MR) is 97.6 cm³/mol. The Kier molecular flexibility index (Phi) is 4.79. The Hall–Kier alpha value is -2.37. The second-order valence-corrected chi connectivity index (χ2v) is 7.23. The van der Waals surface area contributed by atoms with Gasteiger partial charge in [0.25, 0.3) is 0 Å². The second kappa shape index (κ2) is 6.86. The molecule has 0 bridgehead atoms. The molecule has 2 amide bonds. The fourth-order valence-electron chi connectivity index (χ4n) is 3.69. The molecule has 6 nitrogen and oxygen atoms in total. The Morgan fingerprint density at radius 3 is 2.44 bits per heavy atom. The van der Waals surface area contributed by atoms with Gasteiger partial charge < -0.3 is 15.5 Å². The van der Waals surface area contributed by atoms with E-state index in [-0.39, 0.29) is 35.9 Å². The van der Waals surface area contributed by atoms with Gasteiger partial charge in [-0.2, -0.15) is 0 Å². The van der Waals surface area contributed by atoms with Crippen molar-refractivity contribution in [2.24, 2.45) is 17.6 Å². The minimum Gasteiger partial charge on any atom is -0.387 e. The van der Waals surface area contributed by atoms with Crippen LogP contribution in [-0.2, 0) is 9.59 Å². The van der Waals surface area contributed by atoms with Crippen LogP contribution in [0.5, 0.6) is 0 Å². The van der Waals surface area contributed by atoms with Crippen LogP contribution in [-0.4, -0.2) is 42.2 Å². The molecule has 1 aromatic rings. The summed E-state index contributed by atoms with van der Waals surface area (Å²) < 4.78 is 0. The molecule has 0 spiro atoms. The lowest BCUT2D eigenvalue weighted by atomic mass is 9.94. The largest absolute Gasteiger partial charge is 0.387 e. The molecule has 2 fully saturated rings. The van der Waals surface area contributed by atoms with Crippen molar-refractivity contribution in [3.8, 4) is 0 Å². The third-order valence-electron chi connectivity index (χ3n) is 5.52. The van der Waals surface area contributed by atoms with Crippen molar-refractivity contribution in [1.29, 1.82) is 5.41 Å². The lowest BCUT2D eigenvalue weighted by Crippen LogP contribution is -2.44. The van der Waals surface area contributed by atoms with Crippen LogP contribution in [0.25, 0.3) is 0 Å². The maximum absolute atomic E-state index is 12.8. The van der Waals surface area contributed by atoms with Crippen LogP contribution in [0.4, 0.5) is 5.69 Å². The van der Waals surface area contributed by atoms with Gasteiger partial charge in [0, 0.05) is 37.7 Å². The summed E-state index contributed by atoms with van der Waals surface area (Å²) >= 11 is 0. The van der Waals surface area contributed by atoms with E-state index in [9.17, 15) is 9.59 Å². The summed E-state index contributed by atoms with van der Waals surface area (Å²) in [5.74, 6) is 0.0928. The number of nitrogens with zero attached hydrogens (tertiary/aromatic N) is 2. The molecule has 1 atom stereocenters. The van der Waals surface area contributed by atoms with Gasteiger partial charge in [-0.3, -0.25) is 15.0 Å². The van der Waals surface area contributed by atoms with Crippen molar-refractivity contribution in [2.45, 2.75) is 33.1 Å². The quantitative estimate of drug-likeness (QED) is 0.648. The molecule has 6 heteroatoms. The third kappa shape index (κ3) is 3.52. The summed E-state index contributed by atoms with van der Waals surface area (Å²) in [6, 6.07) is 5.98. The number of amidine groups is 1. The van der Waals surface area contributed by atoms with Crippen molar-refractivity contribution < 1.29 is 9.59 Å². The second-order valence-electron chi connectivity index (χ2n) is 7.23. The molecule has 2 heterocycles. The van der Waals surface area contributed by atoms with Gasteiger partial charge in [-0.1, -0.05) is 6.07 Å². The first kappa shape index (κ1) is 17.5. The molecule has 134 valence electrons. The van der Waals surface area contributed by atoms with Crippen molar-refractivity contribution >= 4 is 23.3 Å². The van der Waals surface area contributed by atoms with Gasteiger partial charge in [0.2, 0.25) is 11.8 Å². The van der Waals surface area contributed by atoms with E-state index >= 15 is 0 Å². The zero-order valence-electron chi connectivity index (χ0n) is 14.9. The van der Waals surface area contributed by atoms with Gasteiger partial charge in [0.05, 0.1) is 11.8 Å². The van der Waals surface area contributed by atoms with E-state index in [4.69, 9.17) is 11.1 Å². The number of nitrogens with one attached hydrogen (secondary N) is 1. The van der Waals surface area contributed by atoms with E-state index in [1.54, 1.807) is 4.90 Å². The number of piperidine rings is 1. The van der Waals surface area contributed by atoms with Crippen molar-refractivity contribution in [2.75, 3.05) is 24.5 Å². The number of carbonyl (C=O) groups is 2. The van der Waals surface area contributed by atoms with Gasteiger partial charge >= 0.3 is 0 Å². The van der Waals surface area contributed by atoms with Crippen molar-refractivity contribution in [1.82, 2.24) is 4.90 Å². The molecule has 2 saturated heterocycles. The van der Waals surface area contributed by atoms with E-state index in [1.165, 1.54) is 5.56 Å². The summed E-state index contributed by atoms with van der Waals surface area (Å²) in [6.07, 6.45) is 1.75. The Morgan fingerprint density at radius 1 is 1.16 bits per heavy atom. The lowest BCUT2D eigenvalue weighted by Gasteiger charge is -2.33. The number of anilines is 1. The highest BCUT2D eigenvalue weighted by molar-refractivity contribution is 6.00. The Bertz CT molecular complexity index is 707. The minimum atomic E-state index is -0.275. The highest BCUT2D eigenvalue weighted by Gasteiger charge is 2.38. The van der Waals surface area contributed by atoms with Crippen molar-refractivity contribution in [3.05, 3.63) is 29.3 Å². The van der Waals surface area contributed by atoms with E-state index in [0.29, 0.717) is 19.6 Å². The first-order valence-corrected chi connectivity index (χ1v) is 8.87. The zero-order valence-corrected chi connectivity index (χ0v) is 14.9. The number of nitrogens with two attached hydrogens (primary N) is 1. The SMILES string of the molecule is Cc1ccc(N2CC(C(=O)N3CCC(C(=N)N)CC3)CC2=O)cc1C. The topological polar surface area (TPSA) is 90.5 Å². The molecular weight excluding hydrogens is 316 g/mol. The molecule has 1 aromatic carbocycles. The molecule has 0 aromatic heterocycles. The van der Waals surface area contributed by atoms with Crippen LogP contribution in [0.1, 0.15) is 30.4 Å². The zero-order chi connectivity index (χ0) is 18.1. The Balaban J connectivity index is 1.65. The highest BCUT2D eigenvalue weighted by Crippen LogP contribution is 2.29. The Labute approximate surface area is 148 Å². The monoisotopic (exact) mass is 342 g/mol. The van der Waals surface area contributed by atoms with E-state index in [2.05, 4.69) is 0 Å². The van der Waals surface area contributed by atoms with Crippen molar-refractivity contribution in [3.63, 3.8) is 0 Å². The summed E-state index contributed by atoms with van der Waals surface area (Å²) in [5.41, 5.74) is 8.77. The van der Waals surface area contributed by atoms with Crippen LogP contribution in [0, 0.1) is 31.1 Å². The molecule has 0 aliphatic carbocycles. The molecule has 25 heavy (non-hydrogen) atoms. The molecule has 1 unspecified atom stereocenters. The van der Waals surface area contributed by atoms with Crippen LogP contribution in [0.15, 0.2) is 18.2 Å². The molecule has 2 aliphatic rings. The van der Waals surface area contributed by atoms with Crippen LogP contribution >= 0.6 is 0 Å². The van der Waals surface area contributed by atoms with Gasteiger partial charge in [0.1, 0.15) is 0 Å². The summed E-state index contributed by atoms with van der Waals surface area (Å²) in [4.78, 5) is 28.8. The molecule has 0 saturated carbocycles. The van der Waals surface area contributed by atoms with Gasteiger partial charge in [-0.05, 0) is 49.9 Å². The minimum absolute atomic E-state index is 0.0141. The molecule has 0 radical (unpaired) electrons. The fourth-order valence-corrected chi connectivity index (χ4v) is 3.69. The number of rotatable bonds is 3. The maximum atomic E-state index is 12.8. The fraction of sp³-hybridized carbons (Fsp3) is 0.526. The maximum Gasteiger partial charge on any atom is 0.228 e. The molecule has 3 rings (SSSR count). The summed E-state index contributed by atoms with van der Waals surface area (Å²) in [6.45, 7) is 5.77. The molecular formula is C19H26N4O2. The summed E-state index contributed by atoms with van der Waals surface area (Å²) in [7, 11) is 0. The standard InChI is InChI=1S/C19H26N4O2/c1-12-3-4-16(9-13(12)2)23-11-15(10-17(23)24)19(25)22-7-5-14(6-8-22)18(20)21/h3-4,9,14-15H,5-8,10-11H2,1-2H3,(H3,20,21). The van der Waals surface area contributed by atoms with E-state index < -0.39 is 0 Å². The number of benzene rings is 1. The number of hydrogen-bond acceptors (Lipinski definition) is 3. The smallest absolute Gasteiger partial charge is 0.228 e. The number of carbonyl (C=O) groups excluding carboxylic acids is 2. The first-order chi connectivity index (χ1) is 11.9. The van der Waals surface area contributed by atoms with Gasteiger partial charge in [-0.25, -0.2) is 0 Å². The number of amides is 2. The van der Waals surface area contributed by atoms with Crippen LogP contribution in [0.2, 0.25) is 0 Å². The Morgan fingerprint density at radius 2 is 1.84 bits per heavy atom. The molecule has 3 N–H and O–H groups in total. The van der Waals surface area contributed by atoms with Crippen LogP contribution in [0.3, 0.4) is 0 Å². The summed E-state index contributed by atoms with van der Waals surface area (Å²) in [5, 5.41) is 7.53. The van der Waals surface area contributed by atoms with Crippen LogP contribution < -0.4 is 10.6 Å². The van der Waals surface area contributed by atoms with E-state index in [1.807, 2.05) is 36.9 Å². The average molecular weight is 342 g/mol. The number of hydrogen-bond donors (Lipinski definition) is 2. The van der Waals surface area contributed by atoms with Gasteiger partial charge in [-0.15, -0.1) is 0 Å². The van der Waals surface area contributed by atoms with E-state index in [0.717, 1.165) is 24.1 Å². The third-order valence-corrected chi connectivity index (χ3v) is 5.52. The first-order valence-electron chi connectivity index (χ1n) is 8.87. The number of likely N-dealkylation sites (tertiary alicyclic amines) is 1. The van der Waals surface area contributed by atoms with Gasteiger partial charge in [0.15, 0.2) is 0 Å². The normalized spacial score (nSPS) is 21.7. The highest BCUT2D eigenvalue weighted by atomic mass is 16.2.